The third kappa shape index (κ3) is 15.7. The molecule has 0 aliphatic heterocycles. The second-order valence-corrected chi connectivity index (χ2v) is 9.30. The van der Waals surface area contributed by atoms with E-state index in [0.29, 0.717) is 6.42 Å². The molecule has 0 atom stereocenters. The number of carbonyl (C=O) groups excluding carboxylic acids is 2. The Labute approximate surface area is 199 Å². The Morgan fingerprint density at radius 3 is 1.44 bits per heavy atom. The number of ether oxygens (including phenoxy) is 1. The number of rotatable bonds is 22. The van der Waals surface area contributed by atoms with Gasteiger partial charge in [-0.15, -0.1) is 0 Å². The van der Waals surface area contributed by atoms with Crippen molar-refractivity contribution in [2.24, 2.45) is 5.92 Å². The summed E-state index contributed by atoms with van der Waals surface area (Å²) in [5.41, 5.74) is 0. The van der Waals surface area contributed by atoms with Gasteiger partial charge in [-0.2, -0.15) is 0 Å². The van der Waals surface area contributed by atoms with Crippen LogP contribution in [0.15, 0.2) is 0 Å². The molecule has 32 heavy (non-hydrogen) atoms. The maximum atomic E-state index is 13.0. The van der Waals surface area contributed by atoms with Gasteiger partial charge in [-0.05, 0) is 32.6 Å². The molecule has 0 fully saturated rings. The summed E-state index contributed by atoms with van der Waals surface area (Å²) < 4.78 is 5.38. The van der Waals surface area contributed by atoms with Gasteiger partial charge in [0.05, 0.1) is 0 Å². The molecule has 0 aromatic heterocycles. The summed E-state index contributed by atoms with van der Waals surface area (Å²) in [5, 5.41) is 0. The Hall–Kier alpha value is -1.10. The van der Waals surface area contributed by atoms with Gasteiger partial charge in [0.25, 0.3) is 0 Å². The Bertz CT molecular complexity index is 430. The second kappa shape index (κ2) is 21.7. The molecule has 190 valence electrons. The molecule has 2 amide bonds. The molecule has 0 aromatic carbocycles. The van der Waals surface area contributed by atoms with Gasteiger partial charge in [0.15, 0.2) is 0 Å². The third-order valence-corrected chi connectivity index (χ3v) is 6.28. The van der Waals surface area contributed by atoms with Crippen LogP contribution in [-0.4, -0.2) is 62.0 Å². The van der Waals surface area contributed by atoms with E-state index in [1.54, 1.807) is 9.80 Å². The van der Waals surface area contributed by atoms with E-state index in [1.165, 1.54) is 51.4 Å². The fraction of sp³-hybridized carbons (Fsp3) is 0.926. The van der Waals surface area contributed by atoms with Gasteiger partial charge >= 0.3 is 0 Å². The van der Waals surface area contributed by atoms with Crippen LogP contribution >= 0.6 is 0 Å². The SMILES string of the molecule is CCCCN(C)C(=O)C(CCCCCCCCCCCCOCC)C(=O)N(C)CCCC. The molecule has 0 radical (unpaired) electrons. The number of nitrogens with zero attached hydrogens (tertiary/aromatic N) is 2. The Kier molecular flexibility index (Phi) is 21.0. The number of hydrogen-bond acceptors (Lipinski definition) is 3. The van der Waals surface area contributed by atoms with Gasteiger partial charge in [-0.1, -0.05) is 84.5 Å². The Morgan fingerprint density at radius 1 is 0.625 bits per heavy atom. The van der Waals surface area contributed by atoms with Crippen LogP contribution in [-0.2, 0) is 14.3 Å². The summed E-state index contributed by atoms with van der Waals surface area (Å²) in [6, 6.07) is 0. The van der Waals surface area contributed by atoms with Gasteiger partial charge in [0.2, 0.25) is 11.8 Å². The molecule has 0 saturated heterocycles. The van der Waals surface area contributed by atoms with E-state index >= 15 is 0 Å². The number of hydrogen-bond donors (Lipinski definition) is 0. The minimum Gasteiger partial charge on any atom is -0.382 e. The average molecular weight is 455 g/mol. The molecule has 0 N–H and O–H groups in total. The molecule has 0 aliphatic carbocycles. The lowest BCUT2D eigenvalue weighted by Crippen LogP contribution is -2.43. The second-order valence-electron chi connectivity index (χ2n) is 9.30. The third-order valence-electron chi connectivity index (χ3n) is 6.28. The first-order chi connectivity index (χ1) is 15.5. The molecule has 5 heteroatoms. The minimum absolute atomic E-state index is 0.0103. The first kappa shape index (κ1) is 30.9. The molecule has 0 bridgehead atoms. The summed E-state index contributed by atoms with van der Waals surface area (Å²) in [4.78, 5) is 29.5. The summed E-state index contributed by atoms with van der Waals surface area (Å²) in [6.07, 6.45) is 17.0. The van der Waals surface area contributed by atoms with Crippen molar-refractivity contribution in [2.75, 3.05) is 40.4 Å². The molecule has 0 saturated carbocycles. The largest absolute Gasteiger partial charge is 0.382 e. The van der Waals surface area contributed by atoms with Gasteiger partial charge in [0, 0.05) is 40.4 Å². The van der Waals surface area contributed by atoms with Crippen molar-refractivity contribution in [1.29, 1.82) is 0 Å². The van der Waals surface area contributed by atoms with Gasteiger partial charge < -0.3 is 14.5 Å². The quantitative estimate of drug-likeness (QED) is 0.140. The smallest absolute Gasteiger partial charge is 0.234 e. The summed E-state index contributed by atoms with van der Waals surface area (Å²) in [7, 11) is 3.70. The van der Waals surface area contributed by atoms with Crippen LogP contribution in [0.4, 0.5) is 0 Å². The standard InChI is InChI=1S/C27H54N2O3/c1-6-9-22-28(4)26(30)25(27(31)29(5)23-10-7-2)21-19-17-15-13-11-12-14-16-18-20-24-32-8-3/h25H,6-24H2,1-5H3. The van der Waals surface area contributed by atoms with Crippen LogP contribution in [0, 0.1) is 5.92 Å². The highest BCUT2D eigenvalue weighted by Gasteiger charge is 2.30. The van der Waals surface area contributed by atoms with Crippen LogP contribution in [0.5, 0.6) is 0 Å². The van der Waals surface area contributed by atoms with Crippen LogP contribution in [0.3, 0.4) is 0 Å². The van der Waals surface area contributed by atoms with Gasteiger partial charge in [-0.3, -0.25) is 9.59 Å². The maximum Gasteiger partial charge on any atom is 0.234 e. The topological polar surface area (TPSA) is 49.9 Å². The van der Waals surface area contributed by atoms with E-state index in [1.807, 2.05) is 21.0 Å². The lowest BCUT2D eigenvalue weighted by atomic mass is 9.96. The molecular weight excluding hydrogens is 400 g/mol. The highest BCUT2D eigenvalue weighted by atomic mass is 16.5. The van der Waals surface area contributed by atoms with Crippen molar-refractivity contribution in [1.82, 2.24) is 9.80 Å². The van der Waals surface area contributed by atoms with E-state index < -0.39 is 5.92 Å². The van der Waals surface area contributed by atoms with Crippen LogP contribution < -0.4 is 0 Å². The molecule has 0 aromatic rings. The van der Waals surface area contributed by atoms with E-state index in [9.17, 15) is 9.59 Å². The van der Waals surface area contributed by atoms with E-state index in [-0.39, 0.29) is 11.8 Å². The lowest BCUT2D eigenvalue weighted by molar-refractivity contribution is -0.146. The van der Waals surface area contributed by atoms with Crippen molar-refractivity contribution in [3.8, 4) is 0 Å². The van der Waals surface area contributed by atoms with Crippen molar-refractivity contribution in [3.05, 3.63) is 0 Å². The molecule has 0 heterocycles. The van der Waals surface area contributed by atoms with Crippen molar-refractivity contribution in [3.63, 3.8) is 0 Å². The predicted molar refractivity (Wildman–Crippen MR) is 136 cm³/mol. The van der Waals surface area contributed by atoms with Crippen molar-refractivity contribution in [2.45, 2.75) is 117 Å². The average Bonchev–Trinajstić information content (AvgIpc) is 2.80. The maximum absolute atomic E-state index is 13.0. The normalized spacial score (nSPS) is 11.2. The number of amides is 2. The Morgan fingerprint density at radius 2 is 1.03 bits per heavy atom. The van der Waals surface area contributed by atoms with Crippen LogP contribution in [0.25, 0.3) is 0 Å². The summed E-state index contributed by atoms with van der Waals surface area (Å²) in [6.45, 7) is 9.52. The summed E-state index contributed by atoms with van der Waals surface area (Å²) in [5.74, 6) is -0.484. The minimum atomic E-state index is -0.504. The fourth-order valence-electron chi connectivity index (χ4n) is 4.01. The van der Waals surface area contributed by atoms with Crippen LogP contribution in [0.1, 0.15) is 117 Å². The number of carbonyl (C=O) groups is 2. The monoisotopic (exact) mass is 454 g/mol. The Balaban J connectivity index is 4.21. The predicted octanol–water partition coefficient (Wildman–Crippen LogP) is 6.45. The molecule has 5 nitrogen and oxygen atoms in total. The highest BCUT2D eigenvalue weighted by molar-refractivity contribution is 6.00. The first-order valence-corrected chi connectivity index (χ1v) is 13.6. The van der Waals surface area contributed by atoms with Gasteiger partial charge in [0.1, 0.15) is 5.92 Å². The zero-order valence-corrected chi connectivity index (χ0v) is 22.1. The molecule has 0 spiro atoms. The highest BCUT2D eigenvalue weighted by Crippen LogP contribution is 2.18. The molecule has 0 rings (SSSR count). The molecule has 0 aliphatic rings. The summed E-state index contributed by atoms with van der Waals surface area (Å²) >= 11 is 0. The lowest BCUT2D eigenvalue weighted by Gasteiger charge is -2.27. The van der Waals surface area contributed by atoms with Crippen molar-refractivity contribution >= 4 is 11.8 Å². The van der Waals surface area contributed by atoms with E-state index in [4.69, 9.17) is 4.74 Å². The first-order valence-electron chi connectivity index (χ1n) is 13.6. The van der Waals surface area contributed by atoms with Crippen LogP contribution in [0.2, 0.25) is 0 Å². The molecular formula is C27H54N2O3. The zero-order chi connectivity index (χ0) is 24.0. The zero-order valence-electron chi connectivity index (χ0n) is 22.1. The van der Waals surface area contributed by atoms with E-state index in [0.717, 1.165) is 64.8 Å². The fourth-order valence-corrected chi connectivity index (χ4v) is 4.01. The van der Waals surface area contributed by atoms with E-state index in [2.05, 4.69) is 13.8 Å². The number of unbranched alkanes of at least 4 members (excludes halogenated alkanes) is 11. The molecule has 0 unspecified atom stereocenters. The van der Waals surface area contributed by atoms with Gasteiger partial charge in [-0.25, -0.2) is 0 Å². The van der Waals surface area contributed by atoms with Crippen molar-refractivity contribution < 1.29 is 14.3 Å².